The van der Waals surface area contributed by atoms with E-state index in [4.69, 9.17) is 16.3 Å². The number of ether oxygens (including phenoxy) is 1. The lowest BCUT2D eigenvalue weighted by Crippen LogP contribution is -2.13. The van der Waals surface area contributed by atoms with Crippen LogP contribution in [0.5, 0.6) is 0 Å². The average molecular weight is 271 g/mol. The third-order valence-electron chi connectivity index (χ3n) is 2.98. The summed E-state index contributed by atoms with van der Waals surface area (Å²) in [6.45, 7) is 1.44. The fourth-order valence-corrected chi connectivity index (χ4v) is 2.31. The van der Waals surface area contributed by atoms with Crippen molar-refractivity contribution < 1.29 is 9.66 Å². The Morgan fingerprint density at radius 2 is 2.39 bits per heavy atom. The minimum Gasteiger partial charge on any atom is -0.378 e. The number of anilines is 1. The lowest BCUT2D eigenvalue weighted by Gasteiger charge is -2.12. The van der Waals surface area contributed by atoms with Gasteiger partial charge in [0.2, 0.25) is 0 Å². The summed E-state index contributed by atoms with van der Waals surface area (Å²) in [6.07, 6.45) is 3.25. The summed E-state index contributed by atoms with van der Waals surface area (Å²) in [5.74, 6) is 0. The number of para-hydroxylation sites is 1. The number of nitro benzene ring substituents is 1. The minimum atomic E-state index is -0.430. The summed E-state index contributed by atoms with van der Waals surface area (Å²) in [7, 11) is 0. The Kier molecular flexibility index (Phi) is 4.38. The summed E-state index contributed by atoms with van der Waals surface area (Å²) in [6, 6.07) is 4.66. The molecule has 0 bridgehead atoms. The Hall–Kier alpha value is -1.33. The molecule has 1 unspecified atom stereocenters. The molecule has 0 radical (unpaired) electrons. The van der Waals surface area contributed by atoms with Crippen molar-refractivity contribution in [3.63, 3.8) is 0 Å². The van der Waals surface area contributed by atoms with Crippen LogP contribution >= 0.6 is 11.6 Å². The van der Waals surface area contributed by atoms with Crippen molar-refractivity contribution in [2.75, 3.05) is 18.5 Å². The van der Waals surface area contributed by atoms with Gasteiger partial charge in [-0.15, -0.1) is 0 Å². The monoisotopic (exact) mass is 270 g/mol. The molecule has 1 heterocycles. The topological polar surface area (TPSA) is 64.4 Å². The highest BCUT2D eigenvalue weighted by molar-refractivity contribution is 6.33. The smallest absolute Gasteiger partial charge is 0.293 e. The van der Waals surface area contributed by atoms with Crippen LogP contribution in [0.4, 0.5) is 11.4 Å². The fourth-order valence-electron chi connectivity index (χ4n) is 2.07. The fraction of sp³-hybridized carbons (Fsp3) is 0.500. The highest BCUT2D eigenvalue weighted by Gasteiger charge is 2.18. The molecule has 6 heteroatoms. The van der Waals surface area contributed by atoms with Gasteiger partial charge < -0.3 is 10.1 Å². The van der Waals surface area contributed by atoms with Crippen LogP contribution in [-0.4, -0.2) is 24.2 Å². The average Bonchev–Trinajstić information content (AvgIpc) is 2.84. The standard InChI is InChI=1S/C12H15ClN2O3/c13-10-4-1-5-11(15(16)17)12(10)14-7-6-9-3-2-8-18-9/h1,4-5,9,14H,2-3,6-8H2. The van der Waals surface area contributed by atoms with Gasteiger partial charge in [-0.2, -0.15) is 0 Å². The lowest BCUT2D eigenvalue weighted by atomic mass is 10.2. The van der Waals surface area contributed by atoms with E-state index in [1.807, 2.05) is 0 Å². The normalized spacial score (nSPS) is 18.8. The van der Waals surface area contributed by atoms with Gasteiger partial charge in [0.05, 0.1) is 16.0 Å². The zero-order valence-corrected chi connectivity index (χ0v) is 10.7. The molecule has 1 aromatic carbocycles. The highest BCUT2D eigenvalue weighted by Crippen LogP contribution is 2.31. The van der Waals surface area contributed by atoms with Crippen molar-refractivity contribution in [1.82, 2.24) is 0 Å². The van der Waals surface area contributed by atoms with Gasteiger partial charge in [0.1, 0.15) is 5.69 Å². The van der Waals surface area contributed by atoms with E-state index >= 15 is 0 Å². The SMILES string of the molecule is O=[N+]([O-])c1cccc(Cl)c1NCCC1CCCO1. The molecular formula is C12H15ClN2O3. The molecule has 1 aliphatic rings. The summed E-state index contributed by atoms with van der Waals surface area (Å²) >= 11 is 5.97. The third-order valence-corrected chi connectivity index (χ3v) is 3.30. The van der Waals surface area contributed by atoms with E-state index in [0.29, 0.717) is 17.3 Å². The minimum absolute atomic E-state index is 0.00911. The number of rotatable bonds is 5. The van der Waals surface area contributed by atoms with Crippen molar-refractivity contribution in [2.24, 2.45) is 0 Å². The molecule has 2 rings (SSSR count). The van der Waals surface area contributed by atoms with Crippen LogP contribution in [0.3, 0.4) is 0 Å². The second-order valence-corrected chi connectivity index (χ2v) is 4.65. The van der Waals surface area contributed by atoms with Crippen molar-refractivity contribution in [3.8, 4) is 0 Å². The van der Waals surface area contributed by atoms with Crippen LogP contribution in [0.25, 0.3) is 0 Å². The van der Waals surface area contributed by atoms with E-state index < -0.39 is 4.92 Å². The van der Waals surface area contributed by atoms with E-state index in [-0.39, 0.29) is 11.8 Å². The van der Waals surface area contributed by atoms with Gasteiger partial charge in [-0.1, -0.05) is 17.7 Å². The highest BCUT2D eigenvalue weighted by atomic mass is 35.5. The molecule has 18 heavy (non-hydrogen) atoms. The van der Waals surface area contributed by atoms with Crippen LogP contribution in [-0.2, 0) is 4.74 Å². The number of nitro groups is 1. The Balaban J connectivity index is 1.97. The molecule has 0 aliphatic carbocycles. The summed E-state index contributed by atoms with van der Waals surface area (Å²) in [5.41, 5.74) is 0.400. The van der Waals surface area contributed by atoms with Crippen LogP contribution < -0.4 is 5.32 Å². The number of hydrogen-bond donors (Lipinski definition) is 1. The van der Waals surface area contributed by atoms with Gasteiger partial charge >= 0.3 is 0 Å². The van der Waals surface area contributed by atoms with Crippen LogP contribution in [0, 0.1) is 10.1 Å². The van der Waals surface area contributed by atoms with E-state index in [1.54, 1.807) is 12.1 Å². The maximum absolute atomic E-state index is 10.9. The number of nitrogens with zero attached hydrogens (tertiary/aromatic N) is 1. The van der Waals surface area contributed by atoms with Crippen molar-refractivity contribution >= 4 is 23.0 Å². The molecule has 0 saturated carbocycles. The largest absolute Gasteiger partial charge is 0.378 e. The lowest BCUT2D eigenvalue weighted by molar-refractivity contribution is -0.383. The Morgan fingerprint density at radius 1 is 1.56 bits per heavy atom. The first-order valence-electron chi connectivity index (χ1n) is 5.97. The van der Waals surface area contributed by atoms with Gasteiger partial charge in [0.25, 0.3) is 5.69 Å². The Labute approximate surface area is 110 Å². The number of nitrogens with one attached hydrogen (secondary N) is 1. The number of benzene rings is 1. The Morgan fingerprint density at radius 3 is 3.06 bits per heavy atom. The molecule has 1 aliphatic heterocycles. The van der Waals surface area contributed by atoms with Crippen molar-refractivity contribution in [2.45, 2.75) is 25.4 Å². The maximum atomic E-state index is 10.9. The molecule has 1 fully saturated rings. The van der Waals surface area contributed by atoms with E-state index in [0.717, 1.165) is 25.9 Å². The summed E-state index contributed by atoms with van der Waals surface area (Å²) in [4.78, 5) is 10.4. The third kappa shape index (κ3) is 3.11. The number of halogens is 1. The molecule has 5 nitrogen and oxygen atoms in total. The maximum Gasteiger partial charge on any atom is 0.293 e. The Bertz CT molecular complexity index is 433. The van der Waals surface area contributed by atoms with Gasteiger partial charge in [0.15, 0.2) is 0 Å². The molecule has 98 valence electrons. The predicted molar refractivity (Wildman–Crippen MR) is 70.2 cm³/mol. The first-order chi connectivity index (χ1) is 8.68. The van der Waals surface area contributed by atoms with Crippen molar-refractivity contribution in [1.29, 1.82) is 0 Å². The molecule has 0 aromatic heterocycles. The van der Waals surface area contributed by atoms with Gasteiger partial charge in [-0.3, -0.25) is 10.1 Å². The second kappa shape index (κ2) is 6.02. The van der Waals surface area contributed by atoms with Crippen LogP contribution in [0.2, 0.25) is 5.02 Å². The zero-order valence-electron chi connectivity index (χ0n) is 9.89. The van der Waals surface area contributed by atoms with Crippen molar-refractivity contribution in [3.05, 3.63) is 33.3 Å². The molecule has 0 amide bonds. The van der Waals surface area contributed by atoms with E-state index in [1.165, 1.54) is 6.07 Å². The van der Waals surface area contributed by atoms with Gasteiger partial charge in [0, 0.05) is 19.2 Å². The molecule has 0 spiro atoms. The predicted octanol–water partition coefficient (Wildman–Crippen LogP) is 3.23. The van der Waals surface area contributed by atoms with E-state index in [9.17, 15) is 10.1 Å². The molecule has 1 saturated heterocycles. The first-order valence-corrected chi connectivity index (χ1v) is 6.34. The second-order valence-electron chi connectivity index (χ2n) is 4.24. The van der Waals surface area contributed by atoms with Gasteiger partial charge in [-0.25, -0.2) is 0 Å². The number of hydrogen-bond acceptors (Lipinski definition) is 4. The summed E-state index contributed by atoms with van der Waals surface area (Å²) < 4.78 is 5.49. The molecule has 1 atom stereocenters. The molecule has 1 N–H and O–H groups in total. The summed E-state index contributed by atoms with van der Waals surface area (Å²) in [5, 5.41) is 14.3. The molecular weight excluding hydrogens is 256 g/mol. The molecule has 1 aromatic rings. The van der Waals surface area contributed by atoms with Crippen LogP contribution in [0.1, 0.15) is 19.3 Å². The quantitative estimate of drug-likeness (QED) is 0.659. The van der Waals surface area contributed by atoms with Gasteiger partial charge in [-0.05, 0) is 25.3 Å². The van der Waals surface area contributed by atoms with E-state index in [2.05, 4.69) is 5.32 Å². The zero-order chi connectivity index (χ0) is 13.0. The first kappa shape index (κ1) is 13.1. The van der Waals surface area contributed by atoms with Crippen LogP contribution in [0.15, 0.2) is 18.2 Å².